The van der Waals surface area contributed by atoms with E-state index in [1.54, 1.807) is 22.8 Å². The highest BCUT2D eigenvalue weighted by Crippen LogP contribution is 2.41. The summed E-state index contributed by atoms with van der Waals surface area (Å²) in [4.78, 5) is 0. The van der Waals surface area contributed by atoms with Crippen molar-refractivity contribution in [3.63, 3.8) is 0 Å². The minimum atomic E-state index is -4.85. The summed E-state index contributed by atoms with van der Waals surface area (Å²) in [5.74, 6) is -0.660. The van der Waals surface area contributed by atoms with Crippen LogP contribution in [0.4, 0.5) is 17.6 Å². The normalized spacial score (nSPS) is 15.8. The van der Waals surface area contributed by atoms with Gasteiger partial charge in [-0.1, -0.05) is 39.0 Å². The predicted octanol–water partition coefficient (Wildman–Crippen LogP) is 6.05. The van der Waals surface area contributed by atoms with Gasteiger partial charge in [-0.15, -0.1) is 0 Å². The van der Waals surface area contributed by atoms with Crippen molar-refractivity contribution >= 4 is 20.9 Å². The molecule has 1 saturated carbocycles. The van der Waals surface area contributed by atoms with Gasteiger partial charge in [0.25, 0.3) is 0 Å². The van der Waals surface area contributed by atoms with Gasteiger partial charge in [-0.2, -0.15) is 23.2 Å². The molecule has 5 nitrogen and oxygen atoms in total. The molecule has 1 N–H and O–H groups in total. The molecule has 1 heterocycles. The SMILES string of the molecule is CC(C)(C)Cn1cc(C(NS(=O)(=O)C2CC2)C(F)(F)F)c2ccc(-c3ccc(F)c(C#N)c3)cc21. The third kappa shape index (κ3) is 5.36. The molecule has 1 aliphatic rings. The van der Waals surface area contributed by atoms with E-state index < -0.39 is 33.3 Å². The fourth-order valence-corrected chi connectivity index (χ4v) is 5.65. The van der Waals surface area contributed by atoms with Gasteiger partial charge in [-0.05, 0) is 47.6 Å². The molecule has 10 heteroatoms. The number of hydrogen-bond donors (Lipinski definition) is 1. The summed E-state index contributed by atoms with van der Waals surface area (Å²) < 4.78 is 84.8. The second kappa shape index (κ2) is 8.64. The Hall–Kier alpha value is -2.90. The summed E-state index contributed by atoms with van der Waals surface area (Å²) in [6, 6.07) is 8.23. The summed E-state index contributed by atoms with van der Waals surface area (Å²) >= 11 is 0. The van der Waals surface area contributed by atoms with Crippen LogP contribution in [0.3, 0.4) is 0 Å². The molecule has 2 aromatic carbocycles. The highest BCUT2D eigenvalue weighted by atomic mass is 32.2. The minimum Gasteiger partial charge on any atom is -0.347 e. The number of benzene rings is 2. The van der Waals surface area contributed by atoms with E-state index in [2.05, 4.69) is 0 Å². The van der Waals surface area contributed by atoms with Crippen LogP contribution in [0.2, 0.25) is 0 Å². The Labute approximate surface area is 201 Å². The zero-order chi connectivity index (χ0) is 25.8. The van der Waals surface area contributed by atoms with Crippen LogP contribution in [-0.4, -0.2) is 24.4 Å². The third-order valence-electron chi connectivity index (χ3n) is 5.86. The number of rotatable bonds is 6. The Morgan fingerprint density at radius 3 is 2.31 bits per heavy atom. The van der Waals surface area contributed by atoms with Crippen molar-refractivity contribution in [1.29, 1.82) is 5.26 Å². The summed E-state index contributed by atoms with van der Waals surface area (Å²) in [6.07, 6.45) is -2.80. The highest BCUT2D eigenvalue weighted by molar-refractivity contribution is 7.90. The fraction of sp³-hybridized carbons (Fsp3) is 0.400. The second-order valence-corrected chi connectivity index (χ2v) is 12.1. The molecule has 3 aromatic rings. The van der Waals surface area contributed by atoms with Crippen molar-refractivity contribution in [3.05, 3.63) is 59.5 Å². The van der Waals surface area contributed by atoms with Crippen LogP contribution in [0.15, 0.2) is 42.6 Å². The standard InChI is InChI=1S/C25H25F4N3O2S/c1-24(2,3)14-32-13-20(23(25(27,28)29)31-35(33,34)18-6-7-18)19-8-4-16(11-22(19)32)15-5-9-21(26)17(10-15)12-30/h4-5,8-11,13,18,23,31H,6-7,14H2,1-3H3. The molecule has 0 bridgehead atoms. The van der Waals surface area contributed by atoms with Crippen LogP contribution >= 0.6 is 0 Å². The summed E-state index contributed by atoms with van der Waals surface area (Å²) in [7, 11) is -4.12. The maximum absolute atomic E-state index is 14.2. The number of hydrogen-bond acceptors (Lipinski definition) is 3. The molecule has 0 spiro atoms. The van der Waals surface area contributed by atoms with Crippen LogP contribution in [0, 0.1) is 22.6 Å². The van der Waals surface area contributed by atoms with Crippen molar-refractivity contribution in [2.75, 3.05) is 0 Å². The van der Waals surface area contributed by atoms with E-state index in [0.717, 1.165) is 0 Å². The predicted molar refractivity (Wildman–Crippen MR) is 125 cm³/mol. The van der Waals surface area contributed by atoms with Gasteiger partial charge >= 0.3 is 6.18 Å². The average Bonchev–Trinajstić information content (AvgIpc) is 3.56. The van der Waals surface area contributed by atoms with E-state index in [1.165, 1.54) is 30.5 Å². The minimum absolute atomic E-state index is 0.139. The van der Waals surface area contributed by atoms with E-state index >= 15 is 0 Å². The van der Waals surface area contributed by atoms with Gasteiger partial charge < -0.3 is 4.57 Å². The topological polar surface area (TPSA) is 74.9 Å². The number of fused-ring (bicyclic) bond motifs is 1. The lowest BCUT2D eigenvalue weighted by Gasteiger charge is -2.22. The van der Waals surface area contributed by atoms with E-state index in [1.807, 2.05) is 25.5 Å². The first kappa shape index (κ1) is 25.2. The fourth-order valence-electron chi connectivity index (χ4n) is 4.11. The van der Waals surface area contributed by atoms with Crippen LogP contribution in [0.1, 0.15) is 50.8 Å². The number of halogens is 4. The zero-order valence-electron chi connectivity index (χ0n) is 19.4. The Kier molecular flexibility index (Phi) is 6.22. The Morgan fingerprint density at radius 1 is 1.11 bits per heavy atom. The molecular formula is C25H25F4N3O2S. The van der Waals surface area contributed by atoms with Crippen molar-refractivity contribution in [2.24, 2.45) is 5.41 Å². The quantitative estimate of drug-likeness (QED) is 0.413. The molecule has 1 atom stereocenters. The summed E-state index contributed by atoms with van der Waals surface area (Å²) in [5.41, 5.74) is 1.01. The average molecular weight is 508 g/mol. The zero-order valence-corrected chi connectivity index (χ0v) is 20.3. The van der Waals surface area contributed by atoms with Crippen LogP contribution in [-0.2, 0) is 16.6 Å². The third-order valence-corrected chi connectivity index (χ3v) is 7.77. The Bertz CT molecular complexity index is 1430. The van der Waals surface area contributed by atoms with Crippen LogP contribution in [0.5, 0.6) is 0 Å². The summed E-state index contributed by atoms with van der Waals surface area (Å²) in [6.45, 7) is 6.20. The molecule has 1 fully saturated rings. The van der Waals surface area contributed by atoms with E-state index in [0.29, 0.717) is 36.0 Å². The van der Waals surface area contributed by atoms with Crippen LogP contribution < -0.4 is 4.72 Å². The molecule has 0 aliphatic heterocycles. The first-order valence-electron chi connectivity index (χ1n) is 11.1. The van der Waals surface area contributed by atoms with Gasteiger partial charge in [-0.25, -0.2) is 12.8 Å². The molecule has 4 rings (SSSR count). The maximum atomic E-state index is 14.2. The lowest BCUT2D eigenvalue weighted by Crippen LogP contribution is -2.39. The van der Waals surface area contributed by atoms with Gasteiger partial charge in [0.2, 0.25) is 10.0 Å². The highest BCUT2D eigenvalue weighted by Gasteiger charge is 2.47. The van der Waals surface area contributed by atoms with Gasteiger partial charge in [0.1, 0.15) is 17.9 Å². The second-order valence-electron chi connectivity index (χ2n) is 10.1. The van der Waals surface area contributed by atoms with E-state index in [9.17, 15) is 26.0 Å². The molecule has 35 heavy (non-hydrogen) atoms. The molecule has 0 saturated heterocycles. The van der Waals surface area contributed by atoms with E-state index in [4.69, 9.17) is 5.26 Å². The molecule has 0 amide bonds. The van der Waals surface area contributed by atoms with Crippen molar-refractivity contribution in [3.8, 4) is 17.2 Å². The molecule has 1 unspecified atom stereocenters. The van der Waals surface area contributed by atoms with Crippen LogP contribution in [0.25, 0.3) is 22.0 Å². The number of nitriles is 1. The van der Waals surface area contributed by atoms with Crippen molar-refractivity contribution in [1.82, 2.24) is 9.29 Å². The van der Waals surface area contributed by atoms with Gasteiger partial charge in [0.05, 0.1) is 10.8 Å². The van der Waals surface area contributed by atoms with Gasteiger partial charge in [0.15, 0.2) is 0 Å². The molecule has 186 valence electrons. The number of nitrogens with zero attached hydrogens (tertiary/aromatic N) is 2. The molecule has 1 aliphatic carbocycles. The smallest absolute Gasteiger partial charge is 0.347 e. The molecule has 0 radical (unpaired) electrons. The van der Waals surface area contributed by atoms with Crippen molar-refractivity contribution in [2.45, 2.75) is 57.6 Å². The number of nitrogens with one attached hydrogen (secondary N) is 1. The largest absolute Gasteiger partial charge is 0.408 e. The van der Waals surface area contributed by atoms with Gasteiger partial charge in [-0.3, -0.25) is 0 Å². The lowest BCUT2D eigenvalue weighted by molar-refractivity contribution is -0.152. The van der Waals surface area contributed by atoms with E-state index in [-0.39, 0.29) is 21.9 Å². The molecule has 1 aromatic heterocycles. The Balaban J connectivity index is 1.89. The lowest BCUT2D eigenvalue weighted by atomic mass is 9.96. The first-order chi connectivity index (χ1) is 16.2. The first-order valence-corrected chi connectivity index (χ1v) is 12.6. The maximum Gasteiger partial charge on any atom is 0.408 e. The Morgan fingerprint density at radius 2 is 1.74 bits per heavy atom. The molecular weight excluding hydrogens is 482 g/mol. The summed E-state index contributed by atoms with van der Waals surface area (Å²) in [5, 5.41) is 8.62. The monoisotopic (exact) mass is 507 g/mol. The number of aromatic nitrogens is 1. The number of sulfonamides is 1. The number of alkyl halides is 3. The van der Waals surface area contributed by atoms with Crippen molar-refractivity contribution < 1.29 is 26.0 Å². The van der Waals surface area contributed by atoms with Gasteiger partial charge in [0, 0.05) is 29.2 Å².